The van der Waals surface area contributed by atoms with Crippen LogP contribution in [0.25, 0.3) is 5.69 Å². The van der Waals surface area contributed by atoms with Crippen LogP contribution in [-0.2, 0) is 4.74 Å². The summed E-state index contributed by atoms with van der Waals surface area (Å²) < 4.78 is 19.5. The number of methoxy groups -OCH3 is 1. The van der Waals surface area contributed by atoms with Crippen molar-refractivity contribution in [1.82, 2.24) is 9.78 Å². The SMILES string of the molecule is COC(=O)c1cc(NC(C)c2cnn(-c3ccc(F)cc3)c2C)ccc1[N+](=O)[O-]. The number of hydrogen-bond donors (Lipinski definition) is 1. The van der Waals surface area contributed by atoms with E-state index in [-0.39, 0.29) is 23.1 Å². The summed E-state index contributed by atoms with van der Waals surface area (Å²) in [7, 11) is 1.17. The number of hydrogen-bond acceptors (Lipinski definition) is 6. The van der Waals surface area contributed by atoms with Gasteiger partial charge in [0, 0.05) is 23.0 Å². The number of carbonyl (C=O) groups excluding carboxylic acids is 1. The fraction of sp³-hybridized carbons (Fsp3) is 0.200. The molecule has 0 amide bonds. The third kappa shape index (κ3) is 4.08. The largest absolute Gasteiger partial charge is 0.465 e. The summed E-state index contributed by atoms with van der Waals surface area (Å²) in [6.45, 7) is 3.79. The van der Waals surface area contributed by atoms with Gasteiger partial charge in [0.05, 0.1) is 30.0 Å². The number of esters is 1. The zero-order valence-corrected chi connectivity index (χ0v) is 16.0. The molecule has 1 heterocycles. The number of benzene rings is 2. The van der Waals surface area contributed by atoms with E-state index in [1.165, 1.54) is 37.4 Å². The van der Waals surface area contributed by atoms with Gasteiger partial charge in [0.15, 0.2) is 0 Å². The lowest BCUT2D eigenvalue weighted by Gasteiger charge is -2.16. The monoisotopic (exact) mass is 398 g/mol. The molecule has 1 aromatic heterocycles. The fourth-order valence-corrected chi connectivity index (χ4v) is 3.08. The van der Waals surface area contributed by atoms with Crippen molar-refractivity contribution in [1.29, 1.82) is 0 Å². The van der Waals surface area contributed by atoms with Gasteiger partial charge in [0.2, 0.25) is 0 Å². The van der Waals surface area contributed by atoms with Crippen molar-refractivity contribution in [2.24, 2.45) is 0 Å². The number of halogens is 1. The molecule has 0 aliphatic heterocycles. The topological polar surface area (TPSA) is 99.3 Å². The van der Waals surface area contributed by atoms with Crippen molar-refractivity contribution in [2.45, 2.75) is 19.9 Å². The molecule has 8 nitrogen and oxygen atoms in total. The molecular formula is C20H19FN4O4. The van der Waals surface area contributed by atoms with Crippen molar-refractivity contribution in [3.63, 3.8) is 0 Å². The van der Waals surface area contributed by atoms with Crippen LogP contribution in [0.3, 0.4) is 0 Å². The van der Waals surface area contributed by atoms with Crippen molar-refractivity contribution in [3.8, 4) is 5.69 Å². The molecule has 1 N–H and O–H groups in total. The van der Waals surface area contributed by atoms with Gasteiger partial charge >= 0.3 is 5.97 Å². The molecule has 9 heteroatoms. The standard InChI is InChI=1S/C20H19FN4O4/c1-12(18-11-22-24(13(18)2)16-7-4-14(21)5-8-16)23-15-6-9-19(25(27)28)17(10-15)20(26)29-3/h4-12,23H,1-3H3. The van der Waals surface area contributed by atoms with E-state index in [0.29, 0.717) is 5.69 Å². The molecule has 0 aliphatic carbocycles. The first kappa shape index (κ1) is 20.0. The summed E-state index contributed by atoms with van der Waals surface area (Å²) in [5, 5.41) is 18.7. The highest BCUT2D eigenvalue weighted by atomic mass is 19.1. The van der Waals surface area contributed by atoms with Gasteiger partial charge in [-0.3, -0.25) is 10.1 Å². The number of nitrogens with one attached hydrogen (secondary N) is 1. The number of nitro benzene ring substituents is 1. The number of nitrogens with zero attached hydrogens (tertiary/aromatic N) is 3. The van der Waals surface area contributed by atoms with E-state index in [1.54, 1.807) is 23.0 Å². The smallest absolute Gasteiger partial charge is 0.344 e. The van der Waals surface area contributed by atoms with Crippen LogP contribution in [0.15, 0.2) is 48.7 Å². The minimum atomic E-state index is -0.784. The lowest BCUT2D eigenvalue weighted by Crippen LogP contribution is -2.10. The predicted molar refractivity (Wildman–Crippen MR) is 105 cm³/mol. The van der Waals surface area contributed by atoms with Crippen LogP contribution in [0.1, 0.15) is 34.6 Å². The average Bonchev–Trinajstić information content (AvgIpc) is 3.09. The highest BCUT2D eigenvalue weighted by molar-refractivity contribution is 5.95. The van der Waals surface area contributed by atoms with Crippen molar-refractivity contribution < 1.29 is 18.8 Å². The van der Waals surface area contributed by atoms with E-state index in [1.807, 2.05) is 13.8 Å². The Kier molecular flexibility index (Phi) is 5.58. The van der Waals surface area contributed by atoms with Gasteiger partial charge in [0.1, 0.15) is 11.4 Å². The first-order valence-electron chi connectivity index (χ1n) is 8.75. The molecule has 0 fully saturated rings. The Morgan fingerprint density at radius 3 is 2.59 bits per heavy atom. The quantitative estimate of drug-likeness (QED) is 0.380. The molecule has 3 rings (SSSR count). The summed E-state index contributed by atoms with van der Waals surface area (Å²) in [4.78, 5) is 22.4. The Morgan fingerprint density at radius 2 is 1.97 bits per heavy atom. The molecule has 150 valence electrons. The normalized spacial score (nSPS) is 11.7. The van der Waals surface area contributed by atoms with E-state index in [4.69, 9.17) is 0 Å². The van der Waals surface area contributed by atoms with Crippen LogP contribution >= 0.6 is 0 Å². The van der Waals surface area contributed by atoms with Crippen molar-refractivity contribution >= 4 is 17.3 Å². The molecule has 0 saturated heterocycles. The third-order valence-corrected chi connectivity index (χ3v) is 4.57. The molecule has 0 saturated carbocycles. The zero-order valence-electron chi connectivity index (χ0n) is 16.0. The van der Waals surface area contributed by atoms with E-state index in [2.05, 4.69) is 15.2 Å². The van der Waals surface area contributed by atoms with E-state index in [0.717, 1.165) is 16.9 Å². The minimum Gasteiger partial charge on any atom is -0.465 e. The zero-order chi connectivity index (χ0) is 21.1. The first-order valence-corrected chi connectivity index (χ1v) is 8.75. The van der Waals surface area contributed by atoms with Gasteiger partial charge < -0.3 is 10.1 Å². The van der Waals surface area contributed by atoms with Gasteiger partial charge in [-0.25, -0.2) is 13.9 Å². The van der Waals surface area contributed by atoms with Gasteiger partial charge in [-0.2, -0.15) is 5.10 Å². The van der Waals surface area contributed by atoms with Crippen LogP contribution in [0.4, 0.5) is 15.8 Å². The van der Waals surface area contributed by atoms with E-state index < -0.39 is 10.9 Å². The second-order valence-electron chi connectivity index (χ2n) is 6.42. The number of anilines is 1. The number of rotatable bonds is 6. The lowest BCUT2D eigenvalue weighted by atomic mass is 10.1. The highest BCUT2D eigenvalue weighted by Crippen LogP contribution is 2.28. The maximum Gasteiger partial charge on any atom is 0.344 e. The Bertz CT molecular complexity index is 1060. The van der Waals surface area contributed by atoms with Gasteiger partial charge in [0.25, 0.3) is 5.69 Å². The Hall–Kier alpha value is -3.75. The fourth-order valence-electron chi connectivity index (χ4n) is 3.08. The molecule has 29 heavy (non-hydrogen) atoms. The van der Waals surface area contributed by atoms with Crippen LogP contribution < -0.4 is 5.32 Å². The molecule has 1 atom stereocenters. The average molecular weight is 398 g/mol. The first-order chi connectivity index (χ1) is 13.8. The molecule has 2 aromatic carbocycles. The molecular weight excluding hydrogens is 379 g/mol. The van der Waals surface area contributed by atoms with Crippen LogP contribution in [-0.4, -0.2) is 27.8 Å². The maximum atomic E-state index is 13.2. The van der Waals surface area contributed by atoms with E-state index >= 15 is 0 Å². The molecule has 0 radical (unpaired) electrons. The second-order valence-corrected chi connectivity index (χ2v) is 6.42. The Labute approximate surface area is 166 Å². The van der Waals surface area contributed by atoms with Crippen LogP contribution in [0.5, 0.6) is 0 Å². The third-order valence-electron chi connectivity index (χ3n) is 4.57. The van der Waals surface area contributed by atoms with Gasteiger partial charge in [-0.05, 0) is 50.2 Å². The number of ether oxygens (including phenoxy) is 1. The van der Waals surface area contributed by atoms with Crippen LogP contribution in [0.2, 0.25) is 0 Å². The van der Waals surface area contributed by atoms with Crippen molar-refractivity contribution in [2.75, 3.05) is 12.4 Å². The number of carbonyl (C=O) groups is 1. The van der Waals surface area contributed by atoms with E-state index in [9.17, 15) is 19.3 Å². The number of nitro groups is 1. The van der Waals surface area contributed by atoms with Crippen molar-refractivity contribution in [3.05, 3.63) is 81.4 Å². The maximum absolute atomic E-state index is 13.2. The second kappa shape index (κ2) is 8.09. The minimum absolute atomic E-state index is 0.131. The lowest BCUT2D eigenvalue weighted by molar-refractivity contribution is -0.385. The predicted octanol–water partition coefficient (Wildman–Crippen LogP) is 4.19. The molecule has 3 aromatic rings. The Balaban J connectivity index is 1.87. The van der Waals surface area contributed by atoms with Gasteiger partial charge in [-0.15, -0.1) is 0 Å². The van der Waals surface area contributed by atoms with Crippen LogP contribution in [0, 0.1) is 22.9 Å². The van der Waals surface area contributed by atoms with Gasteiger partial charge in [-0.1, -0.05) is 0 Å². The highest BCUT2D eigenvalue weighted by Gasteiger charge is 2.22. The molecule has 0 bridgehead atoms. The summed E-state index contributed by atoms with van der Waals surface area (Å²) in [6, 6.07) is 9.96. The summed E-state index contributed by atoms with van der Waals surface area (Å²) in [6.07, 6.45) is 1.70. The Morgan fingerprint density at radius 1 is 1.28 bits per heavy atom. The number of aromatic nitrogens is 2. The molecule has 0 aliphatic rings. The summed E-state index contributed by atoms with van der Waals surface area (Å²) in [5.41, 5.74) is 2.53. The summed E-state index contributed by atoms with van der Waals surface area (Å²) >= 11 is 0. The summed E-state index contributed by atoms with van der Waals surface area (Å²) in [5.74, 6) is -1.11. The molecule has 1 unspecified atom stereocenters. The molecule has 0 spiro atoms.